The monoisotopic (exact) mass is 404 g/mol. The molecule has 0 spiro atoms. The number of aliphatic carboxylic acids is 1. The van der Waals surface area contributed by atoms with Crippen molar-refractivity contribution in [2.75, 3.05) is 6.61 Å². The van der Waals surface area contributed by atoms with Crippen LogP contribution >= 0.6 is 0 Å². The molecule has 7 heteroatoms. The smallest absolute Gasteiger partial charge is 0.407 e. The Bertz CT molecular complexity index is 1110. The predicted octanol–water partition coefficient (Wildman–Crippen LogP) is 2.91. The molecule has 3 N–H and O–H groups in total. The molecule has 1 amide bonds. The number of aromatic amines is 1. The van der Waals surface area contributed by atoms with Crippen molar-refractivity contribution >= 4 is 12.1 Å². The van der Waals surface area contributed by atoms with E-state index in [2.05, 4.69) is 10.3 Å². The standard InChI is InChI=1S/C23H20N2O5/c26-21-12-14(9-10-24-21)11-20(22(27)28)25-23(29)30-13-19-17-7-3-1-5-15(17)16-6-2-4-8-18(16)19/h1-10,12,19-20H,11,13H2,(H,24,26)(H,25,29)(H,27,28)/t20-/m1/s1. The van der Waals surface area contributed by atoms with E-state index in [1.165, 1.54) is 12.3 Å². The molecule has 30 heavy (non-hydrogen) atoms. The van der Waals surface area contributed by atoms with Crippen LogP contribution in [-0.4, -0.2) is 34.8 Å². The van der Waals surface area contributed by atoms with E-state index in [1.807, 2.05) is 48.5 Å². The predicted molar refractivity (Wildman–Crippen MR) is 110 cm³/mol. The third-order valence-electron chi connectivity index (χ3n) is 5.21. The number of ether oxygens (including phenoxy) is 1. The van der Waals surface area contributed by atoms with Gasteiger partial charge in [-0.2, -0.15) is 0 Å². The fourth-order valence-corrected chi connectivity index (χ4v) is 3.83. The third-order valence-corrected chi connectivity index (χ3v) is 5.21. The van der Waals surface area contributed by atoms with Crippen molar-refractivity contribution in [2.24, 2.45) is 0 Å². The van der Waals surface area contributed by atoms with Gasteiger partial charge in [-0.3, -0.25) is 4.79 Å². The number of rotatable bonds is 6. The molecule has 0 bridgehead atoms. The minimum atomic E-state index is -1.21. The molecule has 0 saturated heterocycles. The van der Waals surface area contributed by atoms with E-state index >= 15 is 0 Å². The molecule has 4 rings (SSSR count). The first-order valence-electron chi connectivity index (χ1n) is 9.55. The number of alkyl carbamates (subject to hydrolysis) is 1. The molecule has 0 fully saturated rings. The number of hydrogen-bond acceptors (Lipinski definition) is 4. The molecule has 0 aliphatic heterocycles. The van der Waals surface area contributed by atoms with Crippen LogP contribution in [0.5, 0.6) is 0 Å². The van der Waals surface area contributed by atoms with Crippen LogP contribution < -0.4 is 10.9 Å². The van der Waals surface area contributed by atoms with Crippen molar-refractivity contribution in [3.63, 3.8) is 0 Å². The fourth-order valence-electron chi connectivity index (χ4n) is 3.83. The summed E-state index contributed by atoms with van der Waals surface area (Å²) in [5, 5.41) is 11.8. The first-order chi connectivity index (χ1) is 14.5. The number of carbonyl (C=O) groups is 2. The summed E-state index contributed by atoms with van der Waals surface area (Å²) in [6.07, 6.45) is 0.599. The van der Waals surface area contributed by atoms with Crippen molar-refractivity contribution < 1.29 is 19.4 Å². The van der Waals surface area contributed by atoms with Gasteiger partial charge in [0.05, 0.1) is 0 Å². The minimum Gasteiger partial charge on any atom is -0.480 e. The van der Waals surface area contributed by atoms with Crippen LogP contribution in [-0.2, 0) is 16.0 Å². The number of nitrogens with one attached hydrogen (secondary N) is 2. The molecule has 1 heterocycles. The maximum absolute atomic E-state index is 12.3. The van der Waals surface area contributed by atoms with Crippen molar-refractivity contribution in [1.82, 2.24) is 10.3 Å². The Morgan fingerprint density at radius 2 is 1.67 bits per heavy atom. The van der Waals surface area contributed by atoms with E-state index in [4.69, 9.17) is 4.74 Å². The maximum atomic E-state index is 12.3. The molecule has 7 nitrogen and oxygen atoms in total. The van der Waals surface area contributed by atoms with Crippen LogP contribution in [0.4, 0.5) is 4.79 Å². The Morgan fingerprint density at radius 1 is 1.03 bits per heavy atom. The number of pyridine rings is 1. The van der Waals surface area contributed by atoms with Crippen molar-refractivity contribution in [2.45, 2.75) is 18.4 Å². The van der Waals surface area contributed by atoms with Crippen molar-refractivity contribution in [3.05, 3.63) is 93.9 Å². The molecule has 3 aromatic rings. The van der Waals surface area contributed by atoms with E-state index in [0.717, 1.165) is 22.3 Å². The Labute approximate surface area is 172 Å². The van der Waals surface area contributed by atoms with Gasteiger partial charge < -0.3 is 20.1 Å². The van der Waals surface area contributed by atoms with E-state index in [0.29, 0.717) is 5.56 Å². The van der Waals surface area contributed by atoms with Gasteiger partial charge in [0, 0.05) is 24.6 Å². The van der Waals surface area contributed by atoms with Crippen LogP contribution in [0, 0.1) is 0 Å². The quantitative estimate of drug-likeness (QED) is 0.585. The summed E-state index contributed by atoms with van der Waals surface area (Å²) < 4.78 is 5.40. The minimum absolute atomic E-state index is 0.0244. The van der Waals surface area contributed by atoms with Crippen LogP contribution in [0.15, 0.2) is 71.7 Å². The van der Waals surface area contributed by atoms with Crippen LogP contribution in [0.25, 0.3) is 11.1 Å². The summed E-state index contributed by atoms with van der Waals surface area (Å²) in [5.74, 6) is -1.32. The molecule has 2 aromatic carbocycles. The molecular formula is C23H20N2O5. The molecule has 0 saturated carbocycles. The molecule has 1 aliphatic carbocycles. The van der Waals surface area contributed by atoms with E-state index < -0.39 is 18.1 Å². The van der Waals surface area contributed by atoms with Gasteiger partial charge in [-0.15, -0.1) is 0 Å². The normalized spacial score (nSPS) is 13.2. The van der Waals surface area contributed by atoms with Gasteiger partial charge in [-0.25, -0.2) is 9.59 Å². The highest BCUT2D eigenvalue weighted by molar-refractivity contribution is 5.81. The zero-order valence-electron chi connectivity index (χ0n) is 16.0. The Balaban J connectivity index is 1.44. The van der Waals surface area contributed by atoms with Gasteiger partial charge in [0.15, 0.2) is 0 Å². The lowest BCUT2D eigenvalue weighted by Gasteiger charge is -2.17. The average molecular weight is 404 g/mol. The molecule has 1 atom stereocenters. The van der Waals surface area contributed by atoms with Gasteiger partial charge in [0.1, 0.15) is 12.6 Å². The van der Waals surface area contributed by atoms with Crippen LogP contribution in [0.2, 0.25) is 0 Å². The van der Waals surface area contributed by atoms with Gasteiger partial charge in [0.2, 0.25) is 5.56 Å². The van der Waals surface area contributed by atoms with Gasteiger partial charge >= 0.3 is 12.1 Å². The van der Waals surface area contributed by atoms with E-state index in [9.17, 15) is 19.5 Å². The van der Waals surface area contributed by atoms with E-state index in [-0.39, 0.29) is 24.5 Å². The summed E-state index contributed by atoms with van der Waals surface area (Å²) in [5.41, 5.74) is 4.54. The van der Waals surface area contributed by atoms with Gasteiger partial charge in [0.25, 0.3) is 0 Å². The SMILES string of the molecule is O=C(N[C@H](Cc1cc[nH]c(=O)c1)C(=O)O)OCC1c2ccccc2-c2ccccc21. The summed E-state index contributed by atoms with van der Waals surface area (Å²) in [6.45, 7) is 0.0944. The Hall–Kier alpha value is -3.87. The Kier molecular flexibility index (Phi) is 5.34. The maximum Gasteiger partial charge on any atom is 0.407 e. The van der Waals surface area contributed by atoms with Gasteiger partial charge in [-0.1, -0.05) is 48.5 Å². The molecule has 1 aromatic heterocycles. The highest BCUT2D eigenvalue weighted by atomic mass is 16.5. The summed E-state index contributed by atoms with van der Waals surface area (Å²) in [6, 6.07) is 17.6. The molecule has 152 valence electrons. The number of carboxylic acid groups (broad SMARTS) is 1. The first kappa shape index (κ1) is 19.4. The van der Waals surface area contributed by atoms with Crippen molar-refractivity contribution in [1.29, 1.82) is 0 Å². The first-order valence-corrected chi connectivity index (χ1v) is 9.55. The number of aromatic nitrogens is 1. The highest BCUT2D eigenvalue weighted by Crippen LogP contribution is 2.44. The lowest BCUT2D eigenvalue weighted by molar-refractivity contribution is -0.139. The summed E-state index contributed by atoms with van der Waals surface area (Å²) in [7, 11) is 0. The second kappa shape index (κ2) is 8.24. The number of amides is 1. The van der Waals surface area contributed by atoms with Crippen molar-refractivity contribution in [3.8, 4) is 11.1 Å². The summed E-state index contributed by atoms with van der Waals surface area (Å²) in [4.78, 5) is 37.8. The molecule has 1 aliphatic rings. The molecule has 0 radical (unpaired) electrons. The lowest BCUT2D eigenvalue weighted by Crippen LogP contribution is -2.43. The second-order valence-electron chi connectivity index (χ2n) is 7.13. The van der Waals surface area contributed by atoms with Crippen LogP contribution in [0.3, 0.4) is 0 Å². The second-order valence-corrected chi connectivity index (χ2v) is 7.13. The van der Waals surface area contributed by atoms with Crippen LogP contribution in [0.1, 0.15) is 22.6 Å². The van der Waals surface area contributed by atoms with Gasteiger partial charge in [-0.05, 0) is 33.9 Å². The fraction of sp³-hybridized carbons (Fsp3) is 0.174. The molecular weight excluding hydrogens is 384 g/mol. The molecule has 0 unspecified atom stereocenters. The highest BCUT2D eigenvalue weighted by Gasteiger charge is 2.29. The Morgan fingerprint density at radius 3 is 2.27 bits per heavy atom. The lowest BCUT2D eigenvalue weighted by atomic mass is 9.98. The topological polar surface area (TPSA) is 108 Å². The number of carboxylic acids is 1. The largest absolute Gasteiger partial charge is 0.480 e. The number of carbonyl (C=O) groups excluding carboxylic acids is 1. The number of hydrogen-bond donors (Lipinski definition) is 3. The third kappa shape index (κ3) is 3.96. The zero-order valence-corrected chi connectivity index (χ0v) is 16.0. The number of fused-ring (bicyclic) bond motifs is 3. The zero-order chi connectivity index (χ0) is 21.1. The number of benzene rings is 2. The summed E-state index contributed by atoms with van der Waals surface area (Å²) >= 11 is 0. The number of H-pyrrole nitrogens is 1. The average Bonchev–Trinajstić information content (AvgIpc) is 3.06. The van der Waals surface area contributed by atoms with E-state index in [1.54, 1.807) is 6.07 Å².